The molecule has 4 heterocycles. The fourth-order valence-corrected chi connectivity index (χ4v) is 5.62. The highest BCUT2D eigenvalue weighted by Crippen LogP contribution is 2.26. The molecule has 10 nitrogen and oxygen atoms in total. The Morgan fingerprint density at radius 1 is 0.897 bits per heavy atom. The number of amides is 2. The number of methoxy groups -OCH3 is 1. The summed E-state index contributed by atoms with van der Waals surface area (Å²) >= 11 is 1.50. The second-order valence-corrected chi connectivity index (χ2v) is 10.6. The topological polar surface area (TPSA) is 95.2 Å². The van der Waals surface area contributed by atoms with Crippen molar-refractivity contribution in [2.24, 2.45) is 0 Å². The summed E-state index contributed by atoms with van der Waals surface area (Å²) in [6.45, 7) is 9.22. The van der Waals surface area contributed by atoms with Gasteiger partial charge in [-0.05, 0) is 43.3 Å². The van der Waals surface area contributed by atoms with E-state index in [1.807, 2.05) is 31.2 Å². The molecule has 0 saturated carbocycles. The SMILES string of the molecule is COc1ccc(N2CCN(c3cc(C)nc(SCc4ccc(C(=O)N5CCN(C(C)=O)CC5)o4)n3)CC2)cc1. The van der Waals surface area contributed by atoms with Gasteiger partial charge in [0.05, 0.1) is 12.9 Å². The molecule has 0 N–H and O–H groups in total. The molecule has 0 atom stereocenters. The van der Waals surface area contributed by atoms with Gasteiger partial charge in [0, 0.05) is 76.7 Å². The number of carbonyl (C=O) groups is 2. The van der Waals surface area contributed by atoms with E-state index in [-0.39, 0.29) is 11.8 Å². The second-order valence-electron chi connectivity index (χ2n) is 9.68. The monoisotopic (exact) mass is 550 g/mol. The lowest BCUT2D eigenvalue weighted by Gasteiger charge is -2.36. The zero-order valence-corrected chi connectivity index (χ0v) is 23.4. The third-order valence-electron chi connectivity index (χ3n) is 7.09. The van der Waals surface area contributed by atoms with Gasteiger partial charge in [-0.25, -0.2) is 9.97 Å². The van der Waals surface area contributed by atoms with Crippen molar-refractivity contribution >= 4 is 35.1 Å². The van der Waals surface area contributed by atoms with E-state index in [0.29, 0.717) is 48.6 Å². The Morgan fingerprint density at radius 3 is 2.23 bits per heavy atom. The molecule has 3 aromatic rings. The number of hydrogen-bond acceptors (Lipinski definition) is 9. The minimum absolute atomic E-state index is 0.0387. The van der Waals surface area contributed by atoms with Crippen LogP contribution in [-0.4, -0.2) is 91.0 Å². The van der Waals surface area contributed by atoms with E-state index in [0.717, 1.165) is 43.4 Å². The van der Waals surface area contributed by atoms with E-state index in [2.05, 4.69) is 26.9 Å². The Kier molecular flexibility index (Phi) is 8.25. The molecule has 2 aliphatic rings. The van der Waals surface area contributed by atoms with Gasteiger partial charge in [0.2, 0.25) is 5.91 Å². The number of hydrogen-bond donors (Lipinski definition) is 0. The van der Waals surface area contributed by atoms with Gasteiger partial charge in [-0.2, -0.15) is 0 Å². The fourth-order valence-electron chi connectivity index (χ4n) is 4.82. The van der Waals surface area contributed by atoms with Crippen molar-refractivity contribution in [3.63, 3.8) is 0 Å². The highest BCUT2D eigenvalue weighted by atomic mass is 32.2. The van der Waals surface area contributed by atoms with Crippen LogP contribution in [0.1, 0.15) is 28.9 Å². The standard InChI is InChI=1S/C28H34N6O4S/c1-20-18-26(33-14-12-32(13-15-33)22-4-6-23(37-3)7-5-22)30-28(29-20)39-19-24-8-9-25(38-24)27(36)34-16-10-31(11-17-34)21(2)35/h4-9,18H,10-17,19H2,1-3H3. The summed E-state index contributed by atoms with van der Waals surface area (Å²) in [5.74, 6) is 3.24. The van der Waals surface area contributed by atoms with Crippen molar-refractivity contribution in [1.82, 2.24) is 19.8 Å². The van der Waals surface area contributed by atoms with Crippen molar-refractivity contribution in [2.45, 2.75) is 24.8 Å². The van der Waals surface area contributed by atoms with Crippen LogP contribution in [0, 0.1) is 6.92 Å². The third-order valence-corrected chi connectivity index (χ3v) is 7.96. The summed E-state index contributed by atoms with van der Waals surface area (Å²) in [6.07, 6.45) is 0. The molecular formula is C28H34N6O4S. The molecule has 2 aromatic heterocycles. The Morgan fingerprint density at radius 2 is 1.56 bits per heavy atom. The summed E-state index contributed by atoms with van der Waals surface area (Å²) in [7, 11) is 1.68. The van der Waals surface area contributed by atoms with Crippen molar-refractivity contribution in [2.75, 3.05) is 69.3 Å². The number of furan rings is 1. The van der Waals surface area contributed by atoms with Crippen molar-refractivity contribution in [3.8, 4) is 5.75 Å². The molecule has 0 aliphatic carbocycles. The molecule has 2 amide bonds. The van der Waals surface area contributed by atoms with Gasteiger partial charge >= 0.3 is 0 Å². The number of aromatic nitrogens is 2. The van der Waals surface area contributed by atoms with Crippen LogP contribution < -0.4 is 14.5 Å². The van der Waals surface area contributed by atoms with Crippen LogP contribution in [0.25, 0.3) is 0 Å². The number of anilines is 2. The maximum absolute atomic E-state index is 12.9. The molecule has 0 radical (unpaired) electrons. The summed E-state index contributed by atoms with van der Waals surface area (Å²) < 4.78 is 11.1. The number of carbonyl (C=O) groups excluding carboxylic acids is 2. The maximum Gasteiger partial charge on any atom is 0.289 e. The Hall–Kier alpha value is -3.73. The van der Waals surface area contributed by atoms with Gasteiger partial charge in [-0.3, -0.25) is 9.59 Å². The summed E-state index contributed by atoms with van der Waals surface area (Å²) in [6, 6.07) is 13.8. The molecule has 0 spiro atoms. The molecule has 2 fully saturated rings. The Balaban J connectivity index is 1.15. The molecular weight excluding hydrogens is 516 g/mol. The highest BCUT2D eigenvalue weighted by Gasteiger charge is 2.25. The average Bonchev–Trinajstić information content (AvgIpc) is 3.45. The molecule has 11 heteroatoms. The minimum Gasteiger partial charge on any atom is -0.497 e. The van der Waals surface area contributed by atoms with Crippen LogP contribution >= 0.6 is 11.8 Å². The summed E-state index contributed by atoms with van der Waals surface area (Å²) in [5.41, 5.74) is 2.11. The van der Waals surface area contributed by atoms with E-state index in [9.17, 15) is 9.59 Å². The number of piperazine rings is 2. The quantitative estimate of drug-likeness (QED) is 0.324. The Bertz CT molecular complexity index is 1300. The normalized spacial score (nSPS) is 16.0. The zero-order chi connectivity index (χ0) is 27.4. The van der Waals surface area contributed by atoms with E-state index in [1.54, 1.807) is 29.9 Å². The molecule has 39 heavy (non-hydrogen) atoms. The molecule has 5 rings (SSSR count). The Labute approximate surface area is 232 Å². The fraction of sp³-hybridized carbons (Fsp3) is 0.429. The van der Waals surface area contributed by atoms with Crippen molar-refractivity contribution in [1.29, 1.82) is 0 Å². The lowest BCUT2D eigenvalue weighted by Crippen LogP contribution is -2.50. The number of aryl methyl sites for hydroxylation is 1. The first-order valence-corrected chi connectivity index (χ1v) is 14.1. The van der Waals surface area contributed by atoms with Gasteiger partial charge < -0.3 is 28.8 Å². The van der Waals surface area contributed by atoms with E-state index in [4.69, 9.17) is 14.1 Å². The highest BCUT2D eigenvalue weighted by molar-refractivity contribution is 7.98. The minimum atomic E-state index is -0.141. The van der Waals surface area contributed by atoms with Crippen LogP contribution in [0.4, 0.5) is 11.5 Å². The van der Waals surface area contributed by atoms with Gasteiger partial charge in [0.1, 0.15) is 17.3 Å². The first-order valence-electron chi connectivity index (χ1n) is 13.2. The molecule has 0 unspecified atom stereocenters. The van der Waals surface area contributed by atoms with Gasteiger partial charge in [-0.1, -0.05) is 11.8 Å². The smallest absolute Gasteiger partial charge is 0.289 e. The van der Waals surface area contributed by atoms with E-state index < -0.39 is 0 Å². The molecule has 0 bridgehead atoms. The number of ether oxygens (including phenoxy) is 1. The van der Waals surface area contributed by atoms with E-state index in [1.165, 1.54) is 17.4 Å². The predicted molar refractivity (Wildman–Crippen MR) is 151 cm³/mol. The molecule has 206 valence electrons. The lowest BCUT2D eigenvalue weighted by atomic mass is 10.2. The molecule has 2 aliphatic heterocycles. The lowest BCUT2D eigenvalue weighted by molar-refractivity contribution is -0.130. The summed E-state index contributed by atoms with van der Waals surface area (Å²) in [4.78, 5) is 42.0. The van der Waals surface area contributed by atoms with E-state index >= 15 is 0 Å². The van der Waals surface area contributed by atoms with Crippen LogP contribution in [0.15, 0.2) is 52.0 Å². The average molecular weight is 551 g/mol. The van der Waals surface area contributed by atoms with Gasteiger partial charge in [0.15, 0.2) is 10.9 Å². The van der Waals surface area contributed by atoms with Crippen LogP contribution in [0.3, 0.4) is 0 Å². The van der Waals surface area contributed by atoms with Crippen molar-refractivity contribution in [3.05, 3.63) is 59.7 Å². The molecule has 2 saturated heterocycles. The zero-order valence-electron chi connectivity index (χ0n) is 22.6. The van der Waals surface area contributed by atoms with Crippen LogP contribution in [-0.2, 0) is 10.5 Å². The largest absolute Gasteiger partial charge is 0.497 e. The van der Waals surface area contributed by atoms with Crippen LogP contribution in [0.5, 0.6) is 5.75 Å². The first-order chi connectivity index (χ1) is 18.9. The maximum atomic E-state index is 12.9. The summed E-state index contributed by atoms with van der Waals surface area (Å²) in [5, 5.41) is 0.687. The van der Waals surface area contributed by atoms with Crippen molar-refractivity contribution < 1.29 is 18.7 Å². The number of benzene rings is 1. The second kappa shape index (κ2) is 12.0. The number of thioether (sulfide) groups is 1. The van der Waals surface area contributed by atoms with Gasteiger partial charge in [-0.15, -0.1) is 0 Å². The third kappa shape index (κ3) is 6.47. The first kappa shape index (κ1) is 26.9. The van der Waals surface area contributed by atoms with Gasteiger partial charge in [0.25, 0.3) is 5.91 Å². The number of nitrogens with zero attached hydrogens (tertiary/aromatic N) is 6. The molecule has 1 aromatic carbocycles. The number of rotatable bonds is 7. The van der Waals surface area contributed by atoms with Crippen LogP contribution in [0.2, 0.25) is 0 Å². The predicted octanol–water partition coefficient (Wildman–Crippen LogP) is 3.31.